The molecule has 0 spiro atoms. The number of aromatic nitrogens is 3. The van der Waals surface area contributed by atoms with Crippen LogP contribution in [-0.2, 0) is 13.0 Å². The van der Waals surface area contributed by atoms with Crippen molar-refractivity contribution in [3.05, 3.63) is 46.7 Å². The van der Waals surface area contributed by atoms with Crippen LogP contribution in [-0.4, -0.2) is 21.1 Å². The Balaban J connectivity index is 1.63. The lowest BCUT2D eigenvalue weighted by atomic mass is 10.1. The standard InChI is InChI=1S/C16H18N4OS/c1-10(2)7-11-8-13(20-19-11)16(21)17-9-15-18-12-5-3-4-6-14(12)22-15/h3-6,8,10H,7,9H2,1-2H3,(H,17,21)(H,19,20). The molecule has 114 valence electrons. The number of H-pyrrole nitrogens is 1. The highest BCUT2D eigenvalue weighted by Gasteiger charge is 2.12. The molecule has 22 heavy (non-hydrogen) atoms. The van der Waals surface area contributed by atoms with Gasteiger partial charge in [0.1, 0.15) is 10.7 Å². The molecule has 1 aromatic carbocycles. The van der Waals surface area contributed by atoms with Crippen LogP contribution in [0.2, 0.25) is 0 Å². The Kier molecular flexibility index (Phi) is 4.20. The van der Waals surface area contributed by atoms with E-state index in [4.69, 9.17) is 0 Å². The number of amides is 1. The average molecular weight is 314 g/mol. The van der Waals surface area contributed by atoms with E-state index in [1.54, 1.807) is 11.3 Å². The van der Waals surface area contributed by atoms with E-state index in [0.717, 1.165) is 27.3 Å². The highest BCUT2D eigenvalue weighted by molar-refractivity contribution is 7.18. The molecule has 0 aliphatic rings. The minimum Gasteiger partial charge on any atom is -0.344 e. The molecule has 0 aliphatic carbocycles. The van der Waals surface area contributed by atoms with Crippen molar-refractivity contribution in [1.29, 1.82) is 0 Å². The number of para-hydroxylation sites is 1. The number of benzene rings is 1. The molecule has 1 amide bonds. The fourth-order valence-corrected chi connectivity index (χ4v) is 3.17. The van der Waals surface area contributed by atoms with Crippen LogP contribution in [0.4, 0.5) is 0 Å². The van der Waals surface area contributed by atoms with Gasteiger partial charge < -0.3 is 5.32 Å². The fraction of sp³-hybridized carbons (Fsp3) is 0.312. The molecular formula is C16H18N4OS. The van der Waals surface area contributed by atoms with E-state index in [-0.39, 0.29) is 5.91 Å². The Morgan fingerprint density at radius 1 is 1.36 bits per heavy atom. The lowest BCUT2D eigenvalue weighted by Crippen LogP contribution is -2.23. The van der Waals surface area contributed by atoms with Gasteiger partial charge in [-0.05, 0) is 30.5 Å². The van der Waals surface area contributed by atoms with Gasteiger partial charge in [-0.1, -0.05) is 26.0 Å². The normalized spacial score (nSPS) is 11.2. The third kappa shape index (κ3) is 3.33. The topological polar surface area (TPSA) is 70.7 Å². The van der Waals surface area contributed by atoms with Crippen molar-refractivity contribution in [1.82, 2.24) is 20.5 Å². The summed E-state index contributed by atoms with van der Waals surface area (Å²) in [6.45, 7) is 4.69. The number of nitrogens with one attached hydrogen (secondary N) is 2. The molecule has 0 atom stereocenters. The minimum atomic E-state index is -0.175. The average Bonchev–Trinajstić information content (AvgIpc) is 3.10. The second-order valence-electron chi connectivity index (χ2n) is 5.63. The van der Waals surface area contributed by atoms with Crippen LogP contribution in [0.1, 0.15) is 35.0 Å². The van der Waals surface area contributed by atoms with E-state index in [1.807, 2.05) is 30.3 Å². The van der Waals surface area contributed by atoms with Crippen molar-refractivity contribution in [3.8, 4) is 0 Å². The van der Waals surface area contributed by atoms with Crippen molar-refractivity contribution in [2.45, 2.75) is 26.8 Å². The summed E-state index contributed by atoms with van der Waals surface area (Å²) in [7, 11) is 0. The van der Waals surface area contributed by atoms with E-state index >= 15 is 0 Å². The van der Waals surface area contributed by atoms with Crippen molar-refractivity contribution < 1.29 is 4.79 Å². The molecule has 5 nitrogen and oxygen atoms in total. The van der Waals surface area contributed by atoms with Gasteiger partial charge >= 0.3 is 0 Å². The van der Waals surface area contributed by atoms with Crippen molar-refractivity contribution in [2.75, 3.05) is 0 Å². The van der Waals surface area contributed by atoms with Crippen molar-refractivity contribution in [2.24, 2.45) is 5.92 Å². The zero-order valence-electron chi connectivity index (χ0n) is 12.6. The van der Waals surface area contributed by atoms with Gasteiger partial charge in [-0.2, -0.15) is 5.10 Å². The number of aromatic amines is 1. The molecule has 0 saturated heterocycles. The zero-order valence-corrected chi connectivity index (χ0v) is 13.4. The SMILES string of the molecule is CC(C)Cc1cc(C(=O)NCc2nc3ccccc3s2)n[nH]1. The zero-order chi connectivity index (χ0) is 15.5. The van der Waals surface area contributed by atoms with Gasteiger partial charge in [-0.3, -0.25) is 9.89 Å². The third-order valence-corrected chi connectivity index (χ3v) is 4.27. The maximum absolute atomic E-state index is 12.1. The van der Waals surface area contributed by atoms with Crippen molar-refractivity contribution in [3.63, 3.8) is 0 Å². The number of hydrogen-bond donors (Lipinski definition) is 2. The molecular weight excluding hydrogens is 296 g/mol. The van der Waals surface area contributed by atoms with Crippen LogP contribution in [0, 0.1) is 5.92 Å². The number of fused-ring (bicyclic) bond motifs is 1. The molecule has 0 fully saturated rings. The van der Waals surface area contributed by atoms with Crippen molar-refractivity contribution >= 4 is 27.5 Å². The Bertz CT molecular complexity index is 757. The fourth-order valence-electron chi connectivity index (χ4n) is 2.26. The first-order chi connectivity index (χ1) is 10.6. The predicted molar refractivity (Wildman–Crippen MR) is 87.9 cm³/mol. The molecule has 0 aliphatic heterocycles. The van der Waals surface area contributed by atoms with Gasteiger partial charge in [-0.15, -0.1) is 11.3 Å². The van der Waals surface area contributed by atoms with E-state index in [2.05, 4.69) is 34.3 Å². The van der Waals surface area contributed by atoms with E-state index in [1.165, 1.54) is 0 Å². The Morgan fingerprint density at radius 3 is 2.95 bits per heavy atom. The number of carbonyl (C=O) groups excluding carboxylic acids is 1. The quantitative estimate of drug-likeness (QED) is 0.760. The van der Waals surface area contributed by atoms with Crippen LogP contribution in [0.15, 0.2) is 30.3 Å². The third-order valence-electron chi connectivity index (χ3n) is 3.23. The largest absolute Gasteiger partial charge is 0.344 e. The smallest absolute Gasteiger partial charge is 0.272 e. The van der Waals surface area contributed by atoms with Gasteiger partial charge in [0.2, 0.25) is 0 Å². The molecule has 3 rings (SSSR count). The molecule has 2 heterocycles. The molecule has 0 unspecified atom stereocenters. The van der Waals surface area contributed by atoms with Gasteiger partial charge in [0, 0.05) is 5.69 Å². The van der Waals surface area contributed by atoms with Crippen LogP contribution < -0.4 is 5.32 Å². The first kappa shape index (κ1) is 14.7. The van der Waals surface area contributed by atoms with E-state index < -0.39 is 0 Å². The van der Waals surface area contributed by atoms with Gasteiger partial charge in [-0.25, -0.2) is 4.98 Å². The predicted octanol–water partition coefficient (Wildman–Crippen LogP) is 3.15. The summed E-state index contributed by atoms with van der Waals surface area (Å²) in [5.41, 5.74) is 2.38. The van der Waals surface area contributed by atoms with Gasteiger partial charge in [0.25, 0.3) is 5.91 Å². The first-order valence-electron chi connectivity index (χ1n) is 7.29. The summed E-state index contributed by atoms with van der Waals surface area (Å²) in [6, 6.07) is 9.77. The summed E-state index contributed by atoms with van der Waals surface area (Å²) < 4.78 is 1.13. The number of carbonyl (C=O) groups is 1. The number of nitrogens with zero attached hydrogens (tertiary/aromatic N) is 2. The highest BCUT2D eigenvalue weighted by Crippen LogP contribution is 2.21. The molecule has 0 radical (unpaired) electrons. The number of rotatable bonds is 5. The lowest BCUT2D eigenvalue weighted by molar-refractivity contribution is 0.0946. The first-order valence-corrected chi connectivity index (χ1v) is 8.10. The molecule has 0 saturated carbocycles. The summed E-state index contributed by atoms with van der Waals surface area (Å²) >= 11 is 1.59. The molecule has 0 bridgehead atoms. The molecule has 3 aromatic rings. The minimum absolute atomic E-state index is 0.175. The Labute approximate surface area is 132 Å². The number of hydrogen-bond acceptors (Lipinski definition) is 4. The van der Waals surface area contributed by atoms with Gasteiger partial charge in [0.15, 0.2) is 0 Å². The van der Waals surface area contributed by atoms with E-state index in [9.17, 15) is 4.79 Å². The highest BCUT2D eigenvalue weighted by atomic mass is 32.1. The maximum atomic E-state index is 12.1. The second kappa shape index (κ2) is 6.27. The van der Waals surface area contributed by atoms with Crippen LogP contribution in [0.25, 0.3) is 10.2 Å². The number of thiazole rings is 1. The summed E-state index contributed by atoms with van der Waals surface area (Å²) in [6.07, 6.45) is 0.887. The van der Waals surface area contributed by atoms with Crippen LogP contribution in [0.3, 0.4) is 0 Å². The van der Waals surface area contributed by atoms with Crippen LogP contribution in [0.5, 0.6) is 0 Å². The Hall–Kier alpha value is -2.21. The monoisotopic (exact) mass is 314 g/mol. The maximum Gasteiger partial charge on any atom is 0.272 e. The molecule has 6 heteroatoms. The van der Waals surface area contributed by atoms with E-state index in [0.29, 0.717) is 18.2 Å². The van der Waals surface area contributed by atoms with Gasteiger partial charge in [0.05, 0.1) is 16.8 Å². The summed E-state index contributed by atoms with van der Waals surface area (Å²) in [5.74, 6) is 0.352. The molecule has 2 N–H and O–H groups in total. The Morgan fingerprint density at radius 2 is 2.18 bits per heavy atom. The lowest BCUT2D eigenvalue weighted by Gasteiger charge is -2.00. The van der Waals surface area contributed by atoms with Crippen LogP contribution >= 0.6 is 11.3 Å². The summed E-state index contributed by atoms with van der Waals surface area (Å²) in [4.78, 5) is 16.6. The molecule has 2 aromatic heterocycles. The second-order valence-corrected chi connectivity index (χ2v) is 6.75. The summed E-state index contributed by atoms with van der Waals surface area (Å²) in [5, 5.41) is 10.7.